The lowest BCUT2D eigenvalue weighted by atomic mass is 10.1. The number of aryl methyl sites for hydroxylation is 1. The Kier molecular flexibility index (Phi) is 3.20. The minimum absolute atomic E-state index is 0.242. The molecule has 3 aromatic heterocycles. The highest BCUT2D eigenvalue weighted by Crippen LogP contribution is 2.32. The molecular formula is C14H9Cl2N3O. The van der Waals surface area contributed by atoms with Crippen molar-refractivity contribution in [1.29, 1.82) is 0 Å². The maximum Gasteiger partial charge on any atom is 0.152 e. The average Bonchev–Trinajstić information content (AvgIpc) is 2.78. The zero-order chi connectivity index (χ0) is 14.3. The normalized spacial score (nSPS) is 10.9. The van der Waals surface area contributed by atoms with Crippen molar-refractivity contribution in [3.63, 3.8) is 0 Å². The highest BCUT2D eigenvalue weighted by molar-refractivity contribution is 6.42. The van der Waals surface area contributed by atoms with Crippen LogP contribution in [0.5, 0.6) is 0 Å². The molecule has 0 N–H and O–H groups in total. The lowest BCUT2D eigenvalue weighted by molar-refractivity contribution is 0.112. The third-order valence-corrected chi connectivity index (χ3v) is 3.87. The van der Waals surface area contributed by atoms with Gasteiger partial charge in [0.1, 0.15) is 10.8 Å². The lowest BCUT2D eigenvalue weighted by Crippen LogP contribution is -1.91. The van der Waals surface area contributed by atoms with Crippen molar-refractivity contribution >= 4 is 40.5 Å². The number of carbonyl (C=O) groups is 1. The molecule has 0 spiro atoms. The molecule has 3 heterocycles. The van der Waals surface area contributed by atoms with Crippen LogP contribution in [-0.4, -0.2) is 20.8 Å². The first kappa shape index (κ1) is 13.1. The van der Waals surface area contributed by atoms with E-state index in [4.69, 9.17) is 23.2 Å². The molecule has 20 heavy (non-hydrogen) atoms. The molecule has 0 radical (unpaired) electrons. The van der Waals surface area contributed by atoms with E-state index in [2.05, 4.69) is 9.97 Å². The van der Waals surface area contributed by atoms with Gasteiger partial charge in [-0.15, -0.1) is 0 Å². The van der Waals surface area contributed by atoms with Gasteiger partial charge in [0.05, 0.1) is 10.7 Å². The monoisotopic (exact) mass is 305 g/mol. The maximum atomic E-state index is 11.0. The smallest absolute Gasteiger partial charge is 0.152 e. The van der Waals surface area contributed by atoms with Crippen molar-refractivity contribution in [3.8, 4) is 11.3 Å². The summed E-state index contributed by atoms with van der Waals surface area (Å²) in [6.07, 6.45) is 4.15. The van der Waals surface area contributed by atoms with E-state index in [1.54, 1.807) is 23.0 Å². The van der Waals surface area contributed by atoms with Crippen LogP contribution < -0.4 is 0 Å². The van der Waals surface area contributed by atoms with E-state index in [1.165, 1.54) is 0 Å². The van der Waals surface area contributed by atoms with Crippen molar-refractivity contribution < 1.29 is 4.79 Å². The van der Waals surface area contributed by atoms with Gasteiger partial charge in [-0.2, -0.15) is 0 Å². The van der Waals surface area contributed by atoms with Gasteiger partial charge in [0.2, 0.25) is 0 Å². The molecule has 0 unspecified atom stereocenters. The Balaban J connectivity index is 2.26. The highest BCUT2D eigenvalue weighted by atomic mass is 35.5. The second-order valence-corrected chi connectivity index (χ2v) is 5.08. The van der Waals surface area contributed by atoms with Crippen LogP contribution in [0.15, 0.2) is 30.6 Å². The number of rotatable bonds is 2. The van der Waals surface area contributed by atoms with E-state index < -0.39 is 0 Å². The van der Waals surface area contributed by atoms with Crippen LogP contribution in [0.3, 0.4) is 0 Å². The number of nitrogens with zero attached hydrogens (tertiary/aromatic N) is 3. The molecule has 0 saturated carbocycles. The lowest BCUT2D eigenvalue weighted by Gasteiger charge is -2.05. The summed E-state index contributed by atoms with van der Waals surface area (Å²) < 4.78 is 1.80. The third-order valence-electron chi connectivity index (χ3n) is 3.10. The number of hydrogen-bond donors (Lipinski definition) is 0. The van der Waals surface area contributed by atoms with Gasteiger partial charge in [-0.05, 0) is 18.2 Å². The van der Waals surface area contributed by atoms with E-state index in [-0.39, 0.29) is 5.15 Å². The summed E-state index contributed by atoms with van der Waals surface area (Å²) >= 11 is 12.1. The Morgan fingerprint density at radius 1 is 1.25 bits per heavy atom. The predicted molar refractivity (Wildman–Crippen MR) is 79.4 cm³/mol. The Hall–Kier alpha value is -1.91. The third kappa shape index (κ3) is 1.97. The first-order valence-corrected chi connectivity index (χ1v) is 6.59. The molecule has 0 aliphatic heterocycles. The number of pyridine rings is 2. The number of carbonyl (C=O) groups excluding carboxylic acids is 1. The molecule has 6 heteroatoms. The molecule has 0 aliphatic rings. The first-order chi connectivity index (χ1) is 9.61. The van der Waals surface area contributed by atoms with E-state index >= 15 is 0 Å². The summed E-state index contributed by atoms with van der Waals surface area (Å²) in [6, 6.07) is 5.42. The van der Waals surface area contributed by atoms with Crippen LogP contribution in [0.2, 0.25) is 10.2 Å². The van der Waals surface area contributed by atoms with Gasteiger partial charge in [-0.25, -0.2) is 9.97 Å². The largest absolute Gasteiger partial charge is 0.335 e. The number of aldehydes is 1. The van der Waals surface area contributed by atoms with Crippen molar-refractivity contribution in [1.82, 2.24) is 14.5 Å². The van der Waals surface area contributed by atoms with Crippen LogP contribution in [0.25, 0.3) is 22.3 Å². The van der Waals surface area contributed by atoms with Crippen molar-refractivity contribution in [2.24, 2.45) is 7.05 Å². The topological polar surface area (TPSA) is 47.8 Å². The molecule has 100 valence electrons. The molecular weight excluding hydrogens is 297 g/mol. The Morgan fingerprint density at radius 2 is 2.05 bits per heavy atom. The fourth-order valence-corrected chi connectivity index (χ4v) is 2.51. The zero-order valence-electron chi connectivity index (χ0n) is 10.5. The SMILES string of the molecule is Cn1cc(C=O)c2ccc(-c3ccnc(Cl)c3Cl)nc21. The van der Waals surface area contributed by atoms with Crippen LogP contribution >= 0.6 is 23.2 Å². The van der Waals surface area contributed by atoms with Gasteiger partial charge in [0.15, 0.2) is 6.29 Å². The Bertz CT molecular complexity index is 827. The van der Waals surface area contributed by atoms with E-state index in [0.29, 0.717) is 27.5 Å². The minimum atomic E-state index is 0.242. The molecule has 4 nitrogen and oxygen atoms in total. The molecule has 0 atom stereocenters. The average molecular weight is 306 g/mol. The molecule has 0 bridgehead atoms. The summed E-state index contributed by atoms with van der Waals surface area (Å²) in [6.45, 7) is 0. The molecule has 0 amide bonds. The molecule has 3 aromatic rings. The van der Waals surface area contributed by atoms with Crippen LogP contribution in [0.1, 0.15) is 10.4 Å². The summed E-state index contributed by atoms with van der Waals surface area (Å²) in [7, 11) is 1.84. The summed E-state index contributed by atoms with van der Waals surface area (Å²) in [5, 5.41) is 1.42. The highest BCUT2D eigenvalue weighted by Gasteiger charge is 2.12. The quantitative estimate of drug-likeness (QED) is 0.535. The summed E-state index contributed by atoms with van der Waals surface area (Å²) in [5.74, 6) is 0. The summed E-state index contributed by atoms with van der Waals surface area (Å²) in [5.41, 5.74) is 2.72. The molecule has 0 saturated heterocycles. The molecule has 0 fully saturated rings. The summed E-state index contributed by atoms with van der Waals surface area (Å²) in [4.78, 5) is 19.5. The second-order valence-electron chi connectivity index (χ2n) is 4.34. The maximum absolute atomic E-state index is 11.0. The number of aromatic nitrogens is 3. The molecule has 3 rings (SSSR count). The minimum Gasteiger partial charge on any atom is -0.335 e. The standard InChI is InChI=1S/C14H9Cl2N3O/c1-19-6-8(7-20)9-2-3-11(18-14(9)19)10-4-5-17-13(16)12(10)15/h2-7H,1H3. The van der Waals surface area contributed by atoms with E-state index in [9.17, 15) is 4.79 Å². The van der Waals surface area contributed by atoms with Gasteiger partial charge in [0, 0.05) is 36.0 Å². The van der Waals surface area contributed by atoms with Crippen molar-refractivity contribution in [2.75, 3.05) is 0 Å². The van der Waals surface area contributed by atoms with Crippen LogP contribution in [0, 0.1) is 0 Å². The zero-order valence-corrected chi connectivity index (χ0v) is 12.0. The van der Waals surface area contributed by atoms with Crippen LogP contribution in [0.4, 0.5) is 0 Å². The van der Waals surface area contributed by atoms with Crippen molar-refractivity contribution in [2.45, 2.75) is 0 Å². The van der Waals surface area contributed by atoms with Gasteiger partial charge in [-0.1, -0.05) is 23.2 Å². The van der Waals surface area contributed by atoms with Gasteiger partial charge in [0.25, 0.3) is 0 Å². The Labute approximate surface area is 125 Å². The van der Waals surface area contributed by atoms with Gasteiger partial charge < -0.3 is 4.57 Å². The number of fused-ring (bicyclic) bond motifs is 1. The van der Waals surface area contributed by atoms with Gasteiger partial charge >= 0.3 is 0 Å². The fourth-order valence-electron chi connectivity index (χ4n) is 2.14. The van der Waals surface area contributed by atoms with E-state index in [0.717, 1.165) is 11.7 Å². The number of halogens is 2. The molecule has 0 aliphatic carbocycles. The van der Waals surface area contributed by atoms with Gasteiger partial charge in [-0.3, -0.25) is 4.79 Å². The first-order valence-electron chi connectivity index (χ1n) is 5.83. The predicted octanol–water partition coefficient (Wildman–Crippen LogP) is 3.75. The van der Waals surface area contributed by atoms with Crippen molar-refractivity contribution in [3.05, 3.63) is 46.3 Å². The fraction of sp³-hybridized carbons (Fsp3) is 0.0714. The van der Waals surface area contributed by atoms with E-state index in [1.807, 2.05) is 19.2 Å². The number of hydrogen-bond acceptors (Lipinski definition) is 3. The second kappa shape index (κ2) is 4.89. The van der Waals surface area contributed by atoms with Crippen LogP contribution in [-0.2, 0) is 7.05 Å². The molecule has 0 aromatic carbocycles. The Morgan fingerprint density at radius 3 is 2.80 bits per heavy atom.